The molecule has 0 saturated heterocycles. The summed E-state index contributed by atoms with van der Waals surface area (Å²) in [6.07, 6.45) is 1.71. The zero-order chi connectivity index (χ0) is 10.7. The smallest absolute Gasteiger partial charge is 0.0850 e. The van der Waals surface area contributed by atoms with Crippen molar-refractivity contribution in [3.63, 3.8) is 0 Å². The van der Waals surface area contributed by atoms with Crippen LogP contribution in [0.2, 0.25) is 0 Å². The number of aromatic nitrogens is 2. The highest BCUT2D eigenvalue weighted by Crippen LogP contribution is 2.07. The van der Waals surface area contributed by atoms with Crippen molar-refractivity contribution in [3.8, 4) is 0 Å². The maximum Gasteiger partial charge on any atom is 0.0850 e. The van der Waals surface area contributed by atoms with E-state index in [1.54, 1.807) is 6.20 Å². The average molecular weight is 202 g/mol. The Kier molecular flexibility index (Phi) is 2.83. The van der Waals surface area contributed by atoms with Crippen LogP contribution in [0.5, 0.6) is 0 Å². The van der Waals surface area contributed by atoms with E-state index >= 15 is 0 Å². The topological polar surface area (TPSA) is 38.0 Å². The SMILES string of the molecule is Cc1cccc(Cn2nccc2CO)c1. The predicted molar refractivity (Wildman–Crippen MR) is 58.4 cm³/mol. The summed E-state index contributed by atoms with van der Waals surface area (Å²) in [5.41, 5.74) is 3.29. The van der Waals surface area contributed by atoms with Crippen molar-refractivity contribution in [2.45, 2.75) is 20.1 Å². The Hall–Kier alpha value is -1.61. The van der Waals surface area contributed by atoms with Gasteiger partial charge in [0.05, 0.1) is 18.8 Å². The summed E-state index contributed by atoms with van der Waals surface area (Å²) in [4.78, 5) is 0. The Morgan fingerprint density at radius 1 is 1.33 bits per heavy atom. The Bertz CT molecular complexity index is 448. The van der Waals surface area contributed by atoms with Gasteiger partial charge in [0.15, 0.2) is 0 Å². The van der Waals surface area contributed by atoms with E-state index in [0.29, 0.717) is 6.54 Å². The molecule has 1 aromatic heterocycles. The molecule has 0 aliphatic carbocycles. The number of hydrogen-bond acceptors (Lipinski definition) is 2. The molecule has 1 heterocycles. The standard InChI is InChI=1S/C12H14N2O/c1-10-3-2-4-11(7-10)8-14-12(9-15)5-6-13-14/h2-7,15H,8-9H2,1H3. The quantitative estimate of drug-likeness (QED) is 0.823. The van der Waals surface area contributed by atoms with Crippen LogP contribution in [0.1, 0.15) is 16.8 Å². The van der Waals surface area contributed by atoms with E-state index in [1.807, 2.05) is 16.8 Å². The van der Waals surface area contributed by atoms with E-state index in [1.165, 1.54) is 11.1 Å². The molecule has 0 spiro atoms. The summed E-state index contributed by atoms with van der Waals surface area (Å²) in [5, 5.41) is 13.2. The third-order valence-electron chi connectivity index (χ3n) is 2.38. The van der Waals surface area contributed by atoms with E-state index in [-0.39, 0.29) is 6.61 Å². The summed E-state index contributed by atoms with van der Waals surface area (Å²) >= 11 is 0. The molecular weight excluding hydrogens is 188 g/mol. The molecule has 1 aromatic carbocycles. The van der Waals surface area contributed by atoms with Crippen molar-refractivity contribution < 1.29 is 5.11 Å². The Labute approximate surface area is 89.0 Å². The summed E-state index contributed by atoms with van der Waals surface area (Å²) < 4.78 is 1.81. The summed E-state index contributed by atoms with van der Waals surface area (Å²) in [6, 6.07) is 10.1. The monoisotopic (exact) mass is 202 g/mol. The van der Waals surface area contributed by atoms with Gasteiger partial charge < -0.3 is 5.11 Å². The van der Waals surface area contributed by atoms with Gasteiger partial charge in [-0.25, -0.2) is 0 Å². The molecule has 0 aliphatic heterocycles. The minimum absolute atomic E-state index is 0.0335. The van der Waals surface area contributed by atoms with Gasteiger partial charge in [0.2, 0.25) is 0 Å². The van der Waals surface area contributed by atoms with Crippen LogP contribution in [0.25, 0.3) is 0 Å². The lowest BCUT2D eigenvalue weighted by atomic mass is 10.1. The second-order valence-electron chi connectivity index (χ2n) is 3.63. The van der Waals surface area contributed by atoms with Crippen LogP contribution in [0.15, 0.2) is 36.5 Å². The number of aliphatic hydroxyl groups excluding tert-OH is 1. The third-order valence-corrected chi connectivity index (χ3v) is 2.38. The van der Waals surface area contributed by atoms with Crippen LogP contribution < -0.4 is 0 Å². The van der Waals surface area contributed by atoms with E-state index in [4.69, 9.17) is 5.11 Å². The summed E-state index contributed by atoms with van der Waals surface area (Å²) in [7, 11) is 0. The number of aliphatic hydroxyl groups is 1. The maximum absolute atomic E-state index is 9.08. The molecule has 2 rings (SSSR count). The second kappa shape index (κ2) is 4.28. The minimum Gasteiger partial charge on any atom is -0.390 e. The van der Waals surface area contributed by atoms with E-state index in [2.05, 4.69) is 30.2 Å². The van der Waals surface area contributed by atoms with Gasteiger partial charge >= 0.3 is 0 Å². The van der Waals surface area contributed by atoms with Crippen LogP contribution in [-0.2, 0) is 13.2 Å². The molecule has 0 fully saturated rings. The van der Waals surface area contributed by atoms with Gasteiger partial charge in [-0.05, 0) is 18.6 Å². The lowest BCUT2D eigenvalue weighted by Gasteiger charge is -2.06. The van der Waals surface area contributed by atoms with Crippen molar-refractivity contribution in [2.75, 3.05) is 0 Å². The van der Waals surface area contributed by atoms with Crippen molar-refractivity contribution >= 4 is 0 Å². The van der Waals surface area contributed by atoms with Gasteiger partial charge in [0, 0.05) is 6.20 Å². The first-order valence-corrected chi connectivity index (χ1v) is 4.96. The van der Waals surface area contributed by atoms with Crippen LogP contribution >= 0.6 is 0 Å². The van der Waals surface area contributed by atoms with Crippen LogP contribution in [0, 0.1) is 6.92 Å². The predicted octanol–water partition coefficient (Wildman–Crippen LogP) is 1.73. The number of benzene rings is 1. The summed E-state index contributed by atoms with van der Waals surface area (Å²) in [5.74, 6) is 0. The molecule has 0 aliphatic rings. The van der Waals surface area contributed by atoms with Crippen molar-refractivity contribution in [1.82, 2.24) is 9.78 Å². The molecule has 0 saturated carbocycles. The fourth-order valence-electron chi connectivity index (χ4n) is 1.62. The van der Waals surface area contributed by atoms with Crippen molar-refractivity contribution in [3.05, 3.63) is 53.3 Å². The molecule has 78 valence electrons. The number of aryl methyl sites for hydroxylation is 1. The lowest BCUT2D eigenvalue weighted by Crippen LogP contribution is -2.06. The molecule has 3 heteroatoms. The van der Waals surface area contributed by atoms with Crippen LogP contribution in [0.3, 0.4) is 0 Å². The highest BCUT2D eigenvalue weighted by molar-refractivity contribution is 5.22. The highest BCUT2D eigenvalue weighted by atomic mass is 16.3. The first-order valence-electron chi connectivity index (χ1n) is 4.96. The molecular formula is C12H14N2O. The number of hydrogen-bond donors (Lipinski definition) is 1. The fourth-order valence-corrected chi connectivity index (χ4v) is 1.62. The zero-order valence-corrected chi connectivity index (χ0v) is 8.72. The summed E-state index contributed by atoms with van der Waals surface area (Å²) in [6.45, 7) is 2.82. The van der Waals surface area contributed by atoms with Gasteiger partial charge in [-0.15, -0.1) is 0 Å². The normalized spacial score (nSPS) is 10.5. The second-order valence-corrected chi connectivity index (χ2v) is 3.63. The fraction of sp³-hybridized carbons (Fsp3) is 0.250. The molecule has 0 bridgehead atoms. The first-order chi connectivity index (χ1) is 7.29. The van der Waals surface area contributed by atoms with E-state index in [0.717, 1.165) is 5.69 Å². The van der Waals surface area contributed by atoms with Gasteiger partial charge in [-0.1, -0.05) is 29.8 Å². The molecule has 15 heavy (non-hydrogen) atoms. The Morgan fingerprint density at radius 3 is 2.93 bits per heavy atom. The molecule has 0 amide bonds. The lowest BCUT2D eigenvalue weighted by molar-refractivity contribution is 0.269. The van der Waals surface area contributed by atoms with Gasteiger partial charge in [0.25, 0.3) is 0 Å². The maximum atomic E-state index is 9.08. The van der Waals surface area contributed by atoms with Crippen molar-refractivity contribution in [1.29, 1.82) is 0 Å². The minimum atomic E-state index is 0.0335. The molecule has 3 nitrogen and oxygen atoms in total. The largest absolute Gasteiger partial charge is 0.390 e. The van der Waals surface area contributed by atoms with Gasteiger partial charge in [0.1, 0.15) is 0 Å². The zero-order valence-electron chi connectivity index (χ0n) is 8.72. The van der Waals surface area contributed by atoms with E-state index < -0.39 is 0 Å². The molecule has 0 unspecified atom stereocenters. The van der Waals surface area contributed by atoms with E-state index in [9.17, 15) is 0 Å². The van der Waals surface area contributed by atoms with Crippen LogP contribution in [-0.4, -0.2) is 14.9 Å². The average Bonchev–Trinajstić information content (AvgIpc) is 2.65. The Balaban J connectivity index is 2.22. The van der Waals surface area contributed by atoms with Crippen molar-refractivity contribution in [2.24, 2.45) is 0 Å². The molecule has 0 atom stereocenters. The third kappa shape index (κ3) is 2.25. The molecule has 2 aromatic rings. The Morgan fingerprint density at radius 2 is 2.20 bits per heavy atom. The van der Waals surface area contributed by atoms with Gasteiger partial charge in [-0.2, -0.15) is 5.10 Å². The molecule has 1 N–H and O–H groups in total. The van der Waals surface area contributed by atoms with Gasteiger partial charge in [-0.3, -0.25) is 4.68 Å². The van der Waals surface area contributed by atoms with Crippen LogP contribution in [0.4, 0.5) is 0 Å². The first kappa shape index (κ1) is 9.93. The highest BCUT2D eigenvalue weighted by Gasteiger charge is 2.01. The number of rotatable bonds is 3. The number of nitrogens with zero attached hydrogens (tertiary/aromatic N) is 2. The molecule has 0 radical (unpaired) electrons.